The SMILES string of the molecule is CC(C)C.CC(C)CC(=O)NCCC(C)(C)C. The van der Waals surface area contributed by atoms with Gasteiger partial charge in [-0.2, -0.15) is 0 Å². The van der Waals surface area contributed by atoms with Crippen molar-refractivity contribution in [1.82, 2.24) is 5.32 Å². The van der Waals surface area contributed by atoms with Crippen molar-refractivity contribution in [3.8, 4) is 0 Å². The van der Waals surface area contributed by atoms with Gasteiger partial charge in [-0.05, 0) is 23.7 Å². The summed E-state index contributed by atoms with van der Waals surface area (Å²) in [7, 11) is 0. The Morgan fingerprint density at radius 3 is 1.76 bits per heavy atom. The molecule has 17 heavy (non-hydrogen) atoms. The van der Waals surface area contributed by atoms with Gasteiger partial charge in [0.2, 0.25) is 5.91 Å². The first-order valence-electron chi connectivity index (χ1n) is 6.81. The molecule has 0 fully saturated rings. The molecule has 0 rings (SSSR count). The highest BCUT2D eigenvalue weighted by atomic mass is 16.1. The molecule has 0 spiro atoms. The van der Waals surface area contributed by atoms with Crippen LogP contribution in [-0.4, -0.2) is 12.5 Å². The van der Waals surface area contributed by atoms with Gasteiger partial charge in [-0.15, -0.1) is 0 Å². The molecule has 1 amide bonds. The van der Waals surface area contributed by atoms with E-state index in [9.17, 15) is 4.79 Å². The summed E-state index contributed by atoms with van der Waals surface area (Å²) in [4.78, 5) is 11.2. The van der Waals surface area contributed by atoms with Crippen molar-refractivity contribution in [3.63, 3.8) is 0 Å². The Hall–Kier alpha value is -0.530. The highest BCUT2D eigenvalue weighted by Crippen LogP contribution is 2.16. The lowest BCUT2D eigenvalue weighted by Gasteiger charge is -2.18. The first-order valence-corrected chi connectivity index (χ1v) is 6.81. The maximum absolute atomic E-state index is 11.2. The van der Waals surface area contributed by atoms with Crippen LogP contribution in [0.15, 0.2) is 0 Å². The molecule has 0 aliphatic rings. The molecule has 0 saturated heterocycles. The second-order valence-corrected chi connectivity index (χ2v) is 6.99. The van der Waals surface area contributed by atoms with Crippen LogP contribution in [0.25, 0.3) is 0 Å². The van der Waals surface area contributed by atoms with Crippen molar-refractivity contribution in [2.24, 2.45) is 17.3 Å². The predicted octanol–water partition coefficient (Wildman–Crippen LogP) is 4.25. The molecule has 0 unspecified atom stereocenters. The van der Waals surface area contributed by atoms with Crippen molar-refractivity contribution < 1.29 is 4.79 Å². The van der Waals surface area contributed by atoms with Gasteiger partial charge in [-0.1, -0.05) is 55.4 Å². The van der Waals surface area contributed by atoms with Crippen LogP contribution >= 0.6 is 0 Å². The molecular weight excluding hydrogens is 210 g/mol. The summed E-state index contributed by atoms with van der Waals surface area (Å²) < 4.78 is 0. The van der Waals surface area contributed by atoms with Crippen LogP contribution in [0.2, 0.25) is 0 Å². The summed E-state index contributed by atoms with van der Waals surface area (Å²) >= 11 is 0. The summed E-state index contributed by atoms with van der Waals surface area (Å²) in [6.07, 6.45) is 1.68. The van der Waals surface area contributed by atoms with Gasteiger partial charge in [-0.25, -0.2) is 0 Å². The van der Waals surface area contributed by atoms with Gasteiger partial charge in [0, 0.05) is 13.0 Å². The Balaban J connectivity index is 0. The molecule has 0 aromatic carbocycles. The maximum atomic E-state index is 11.2. The largest absolute Gasteiger partial charge is 0.356 e. The molecule has 2 nitrogen and oxygen atoms in total. The lowest BCUT2D eigenvalue weighted by Crippen LogP contribution is -2.27. The molecule has 0 aliphatic heterocycles. The van der Waals surface area contributed by atoms with Crippen LogP contribution in [0.4, 0.5) is 0 Å². The summed E-state index contributed by atoms with van der Waals surface area (Å²) in [5.41, 5.74) is 0.311. The first-order chi connectivity index (χ1) is 7.54. The third kappa shape index (κ3) is 25.6. The zero-order valence-electron chi connectivity index (χ0n) is 13.2. The molecule has 0 radical (unpaired) electrons. The third-order valence-corrected chi connectivity index (χ3v) is 1.79. The minimum absolute atomic E-state index is 0.180. The zero-order chi connectivity index (χ0) is 14.1. The van der Waals surface area contributed by atoms with E-state index in [1.54, 1.807) is 0 Å². The second-order valence-electron chi connectivity index (χ2n) is 6.99. The van der Waals surface area contributed by atoms with Crippen LogP contribution in [-0.2, 0) is 4.79 Å². The van der Waals surface area contributed by atoms with Crippen LogP contribution in [0, 0.1) is 17.3 Å². The lowest BCUT2D eigenvalue weighted by atomic mass is 9.92. The quantitative estimate of drug-likeness (QED) is 0.786. The van der Waals surface area contributed by atoms with E-state index in [0.717, 1.165) is 18.9 Å². The lowest BCUT2D eigenvalue weighted by molar-refractivity contribution is -0.121. The molecule has 104 valence electrons. The van der Waals surface area contributed by atoms with Crippen molar-refractivity contribution in [2.45, 2.75) is 68.2 Å². The second kappa shape index (κ2) is 9.49. The fourth-order valence-electron chi connectivity index (χ4n) is 1.02. The van der Waals surface area contributed by atoms with Crippen molar-refractivity contribution in [2.75, 3.05) is 6.54 Å². The molecule has 0 heterocycles. The molecule has 0 saturated carbocycles. The van der Waals surface area contributed by atoms with Gasteiger partial charge in [0.05, 0.1) is 0 Å². The molecule has 2 heteroatoms. The number of rotatable bonds is 4. The van der Waals surface area contributed by atoms with Crippen LogP contribution in [0.3, 0.4) is 0 Å². The molecule has 0 bridgehead atoms. The number of amides is 1. The maximum Gasteiger partial charge on any atom is 0.220 e. The normalized spacial score (nSPS) is 11.2. The molecule has 0 aromatic rings. The number of carbonyl (C=O) groups excluding carboxylic acids is 1. The van der Waals surface area contributed by atoms with Crippen molar-refractivity contribution in [1.29, 1.82) is 0 Å². The summed E-state index contributed by atoms with van der Waals surface area (Å²) in [5, 5.41) is 2.93. The molecule has 0 aromatic heterocycles. The van der Waals surface area contributed by atoms with Gasteiger partial charge in [0.15, 0.2) is 0 Å². The van der Waals surface area contributed by atoms with Gasteiger partial charge in [0.1, 0.15) is 0 Å². The highest BCUT2D eigenvalue weighted by Gasteiger charge is 2.10. The molecule has 0 aliphatic carbocycles. The minimum atomic E-state index is 0.180. The van der Waals surface area contributed by atoms with Crippen LogP contribution < -0.4 is 5.32 Å². The van der Waals surface area contributed by atoms with E-state index < -0.39 is 0 Å². The van der Waals surface area contributed by atoms with Gasteiger partial charge >= 0.3 is 0 Å². The van der Waals surface area contributed by atoms with E-state index in [2.05, 4.69) is 60.7 Å². The molecule has 1 N–H and O–H groups in total. The smallest absolute Gasteiger partial charge is 0.220 e. The number of hydrogen-bond acceptors (Lipinski definition) is 1. The Kier molecular flexibility index (Phi) is 10.5. The van der Waals surface area contributed by atoms with Crippen molar-refractivity contribution >= 4 is 5.91 Å². The Morgan fingerprint density at radius 2 is 1.47 bits per heavy atom. The van der Waals surface area contributed by atoms with Crippen LogP contribution in [0.1, 0.15) is 68.2 Å². The van der Waals surface area contributed by atoms with E-state index >= 15 is 0 Å². The first kappa shape index (κ1) is 18.8. The van der Waals surface area contributed by atoms with Gasteiger partial charge in [0.25, 0.3) is 0 Å². The van der Waals surface area contributed by atoms with E-state index in [1.165, 1.54) is 0 Å². The van der Waals surface area contributed by atoms with Gasteiger partial charge in [-0.3, -0.25) is 4.79 Å². The fourth-order valence-corrected chi connectivity index (χ4v) is 1.02. The average molecular weight is 243 g/mol. The Morgan fingerprint density at radius 1 is 1.06 bits per heavy atom. The Labute approximate surface area is 109 Å². The molecular formula is C15H33NO. The number of nitrogens with one attached hydrogen (secondary N) is 1. The Bertz CT molecular complexity index is 187. The summed E-state index contributed by atoms with van der Waals surface area (Å²) in [6.45, 7) is 18.0. The van der Waals surface area contributed by atoms with E-state index in [0.29, 0.717) is 17.8 Å². The van der Waals surface area contributed by atoms with E-state index in [-0.39, 0.29) is 5.91 Å². The van der Waals surface area contributed by atoms with Crippen molar-refractivity contribution in [3.05, 3.63) is 0 Å². The fraction of sp³-hybridized carbons (Fsp3) is 0.933. The predicted molar refractivity (Wildman–Crippen MR) is 77.0 cm³/mol. The van der Waals surface area contributed by atoms with Crippen LogP contribution in [0.5, 0.6) is 0 Å². The minimum Gasteiger partial charge on any atom is -0.356 e. The molecule has 0 atom stereocenters. The highest BCUT2D eigenvalue weighted by molar-refractivity contribution is 5.75. The van der Waals surface area contributed by atoms with E-state index in [4.69, 9.17) is 0 Å². The third-order valence-electron chi connectivity index (χ3n) is 1.79. The summed E-state index contributed by atoms with van der Waals surface area (Å²) in [5.74, 6) is 1.47. The topological polar surface area (TPSA) is 29.1 Å². The van der Waals surface area contributed by atoms with E-state index in [1.807, 2.05) is 0 Å². The van der Waals surface area contributed by atoms with Gasteiger partial charge < -0.3 is 5.32 Å². The monoisotopic (exact) mass is 243 g/mol. The summed E-state index contributed by atoms with van der Waals surface area (Å²) in [6, 6.07) is 0. The standard InChI is InChI=1S/C11H23NO.C4H10/c1-9(2)8-10(13)12-7-6-11(3,4)5;1-4(2)3/h9H,6-8H2,1-5H3,(H,12,13);4H,1-3H3. The number of carbonyl (C=O) groups is 1. The zero-order valence-corrected chi connectivity index (χ0v) is 13.2. The number of hydrogen-bond donors (Lipinski definition) is 1. The average Bonchev–Trinajstić information content (AvgIpc) is 1.97.